The van der Waals surface area contributed by atoms with Crippen LogP contribution in [-0.4, -0.2) is 18.0 Å². The molecule has 0 spiro atoms. The Morgan fingerprint density at radius 3 is 2.76 bits per heavy atom. The maximum absolute atomic E-state index is 8.76. The fourth-order valence-corrected chi connectivity index (χ4v) is 2.67. The molecule has 0 aliphatic carbocycles. The molecular weight excluding hydrogens is 208 g/mol. The van der Waals surface area contributed by atoms with Gasteiger partial charge in [-0.2, -0.15) is 5.26 Å². The summed E-state index contributed by atoms with van der Waals surface area (Å²) in [6.07, 6.45) is 1.08. The average molecular weight is 228 g/mol. The molecule has 0 bridgehead atoms. The lowest BCUT2D eigenvalue weighted by Gasteiger charge is -2.28. The molecule has 17 heavy (non-hydrogen) atoms. The first-order valence-electron chi connectivity index (χ1n) is 6.33. The van der Waals surface area contributed by atoms with Crippen molar-refractivity contribution in [2.24, 2.45) is 0 Å². The molecule has 0 aromatic heterocycles. The van der Waals surface area contributed by atoms with Gasteiger partial charge < -0.3 is 0 Å². The second-order valence-corrected chi connectivity index (χ2v) is 5.25. The lowest BCUT2D eigenvalue weighted by atomic mass is 9.90. The van der Waals surface area contributed by atoms with Crippen molar-refractivity contribution in [3.63, 3.8) is 0 Å². The molecule has 90 valence electrons. The molecule has 1 aromatic carbocycles. The molecule has 0 amide bonds. The zero-order valence-corrected chi connectivity index (χ0v) is 11.0. The van der Waals surface area contributed by atoms with Crippen LogP contribution in [0.2, 0.25) is 0 Å². The fourth-order valence-electron chi connectivity index (χ4n) is 2.67. The molecule has 0 N–H and O–H groups in total. The van der Waals surface area contributed by atoms with Crippen LogP contribution in [0.1, 0.15) is 42.0 Å². The van der Waals surface area contributed by atoms with E-state index < -0.39 is 0 Å². The highest BCUT2D eigenvalue weighted by Gasteiger charge is 2.17. The third-order valence-electron chi connectivity index (χ3n) is 3.60. The molecule has 1 aromatic rings. The number of nitrogens with zero attached hydrogens (tertiary/aromatic N) is 2. The predicted octanol–water partition coefficient (Wildman–Crippen LogP) is 3.00. The van der Waals surface area contributed by atoms with Gasteiger partial charge >= 0.3 is 0 Å². The summed E-state index contributed by atoms with van der Waals surface area (Å²) in [6.45, 7) is 9.18. The van der Waals surface area contributed by atoms with Gasteiger partial charge in [-0.15, -0.1) is 0 Å². The largest absolute Gasteiger partial charge is 0.286 e. The first kappa shape index (κ1) is 12.1. The Balaban J connectivity index is 2.31. The summed E-state index contributed by atoms with van der Waals surface area (Å²) in [7, 11) is 0. The van der Waals surface area contributed by atoms with Gasteiger partial charge in [0.25, 0.3) is 0 Å². The minimum Gasteiger partial charge on any atom is -0.286 e. The maximum atomic E-state index is 8.76. The SMILES string of the molecule is Cc1cc2c(cc1C(C)C)CN(CC#N)CC2. The molecule has 0 saturated heterocycles. The van der Waals surface area contributed by atoms with E-state index in [-0.39, 0.29) is 0 Å². The third kappa shape index (κ3) is 2.50. The van der Waals surface area contributed by atoms with Crippen molar-refractivity contribution in [3.8, 4) is 6.07 Å². The van der Waals surface area contributed by atoms with Crippen molar-refractivity contribution in [2.75, 3.05) is 13.1 Å². The van der Waals surface area contributed by atoms with Gasteiger partial charge in [-0.1, -0.05) is 26.0 Å². The van der Waals surface area contributed by atoms with E-state index in [0.29, 0.717) is 12.5 Å². The highest BCUT2D eigenvalue weighted by Crippen LogP contribution is 2.27. The molecule has 1 aliphatic rings. The summed E-state index contributed by atoms with van der Waals surface area (Å²) in [5.41, 5.74) is 5.75. The van der Waals surface area contributed by atoms with Crippen LogP contribution in [-0.2, 0) is 13.0 Å². The van der Waals surface area contributed by atoms with E-state index in [1.54, 1.807) is 0 Å². The standard InChI is InChI=1S/C15H20N2/c1-11(2)15-9-14-10-17(7-5-16)6-4-13(14)8-12(15)3/h8-9,11H,4,6-7,10H2,1-3H3. The van der Waals surface area contributed by atoms with Crippen molar-refractivity contribution < 1.29 is 0 Å². The summed E-state index contributed by atoms with van der Waals surface area (Å²) in [5, 5.41) is 8.76. The molecule has 0 fully saturated rings. The molecule has 1 aliphatic heterocycles. The van der Waals surface area contributed by atoms with Crippen LogP contribution in [0.25, 0.3) is 0 Å². The van der Waals surface area contributed by atoms with Crippen LogP contribution < -0.4 is 0 Å². The van der Waals surface area contributed by atoms with Gasteiger partial charge in [-0.3, -0.25) is 4.90 Å². The highest BCUT2D eigenvalue weighted by molar-refractivity contribution is 5.40. The van der Waals surface area contributed by atoms with E-state index in [9.17, 15) is 0 Å². The first-order valence-corrected chi connectivity index (χ1v) is 6.33. The molecule has 0 atom stereocenters. The minimum absolute atomic E-state index is 0.546. The zero-order chi connectivity index (χ0) is 12.4. The van der Waals surface area contributed by atoms with Gasteiger partial charge in [-0.25, -0.2) is 0 Å². The number of aryl methyl sites for hydroxylation is 1. The summed E-state index contributed by atoms with van der Waals surface area (Å²) >= 11 is 0. The summed E-state index contributed by atoms with van der Waals surface area (Å²) in [4.78, 5) is 2.22. The average Bonchev–Trinajstić information content (AvgIpc) is 2.28. The van der Waals surface area contributed by atoms with E-state index in [1.807, 2.05) is 0 Å². The van der Waals surface area contributed by atoms with Gasteiger partial charge in [0.2, 0.25) is 0 Å². The Kier molecular flexibility index (Phi) is 3.49. The monoisotopic (exact) mass is 228 g/mol. The van der Waals surface area contributed by atoms with E-state index in [4.69, 9.17) is 5.26 Å². The van der Waals surface area contributed by atoms with Crippen LogP contribution in [0, 0.1) is 18.3 Å². The van der Waals surface area contributed by atoms with Crippen LogP contribution >= 0.6 is 0 Å². The number of hydrogen-bond donors (Lipinski definition) is 0. The Morgan fingerprint density at radius 2 is 2.12 bits per heavy atom. The lowest BCUT2D eigenvalue weighted by molar-refractivity contribution is 0.285. The first-order chi connectivity index (χ1) is 8.11. The minimum atomic E-state index is 0.546. The van der Waals surface area contributed by atoms with Crippen molar-refractivity contribution in [3.05, 3.63) is 34.4 Å². The van der Waals surface area contributed by atoms with E-state index in [2.05, 4.69) is 43.9 Å². The quantitative estimate of drug-likeness (QED) is 0.728. The Morgan fingerprint density at radius 1 is 1.35 bits per heavy atom. The van der Waals surface area contributed by atoms with Crippen molar-refractivity contribution in [2.45, 2.75) is 39.7 Å². The predicted molar refractivity (Wildman–Crippen MR) is 69.9 cm³/mol. The highest BCUT2D eigenvalue weighted by atomic mass is 15.1. The van der Waals surface area contributed by atoms with Gasteiger partial charge in [0.15, 0.2) is 0 Å². The second kappa shape index (κ2) is 4.89. The third-order valence-corrected chi connectivity index (χ3v) is 3.60. The van der Waals surface area contributed by atoms with Crippen molar-refractivity contribution in [1.29, 1.82) is 5.26 Å². The zero-order valence-electron chi connectivity index (χ0n) is 11.0. The van der Waals surface area contributed by atoms with Gasteiger partial charge in [0.05, 0.1) is 12.6 Å². The number of benzene rings is 1. The van der Waals surface area contributed by atoms with E-state index in [1.165, 1.54) is 22.3 Å². The smallest absolute Gasteiger partial charge is 0.0868 e. The Labute approximate surface area is 104 Å². The van der Waals surface area contributed by atoms with Crippen LogP contribution in [0.5, 0.6) is 0 Å². The molecule has 0 saturated carbocycles. The van der Waals surface area contributed by atoms with Gasteiger partial charge in [0.1, 0.15) is 0 Å². The van der Waals surface area contributed by atoms with Crippen LogP contribution in [0.4, 0.5) is 0 Å². The molecule has 0 radical (unpaired) electrons. The van der Waals surface area contributed by atoms with Crippen LogP contribution in [0.15, 0.2) is 12.1 Å². The molecule has 2 rings (SSSR count). The summed E-state index contributed by atoms with van der Waals surface area (Å²) in [6, 6.07) is 6.93. The topological polar surface area (TPSA) is 27.0 Å². The molecular formula is C15H20N2. The Bertz CT molecular complexity index is 455. The molecule has 0 unspecified atom stereocenters. The Hall–Kier alpha value is -1.33. The van der Waals surface area contributed by atoms with Gasteiger partial charge in [-0.05, 0) is 41.5 Å². The number of hydrogen-bond acceptors (Lipinski definition) is 2. The lowest BCUT2D eigenvalue weighted by Crippen LogP contribution is -2.31. The number of fused-ring (bicyclic) bond motifs is 1. The summed E-state index contributed by atoms with van der Waals surface area (Å²) < 4.78 is 0. The summed E-state index contributed by atoms with van der Waals surface area (Å²) in [5.74, 6) is 0.576. The maximum Gasteiger partial charge on any atom is 0.0868 e. The van der Waals surface area contributed by atoms with Gasteiger partial charge in [0, 0.05) is 13.1 Å². The normalized spacial score (nSPS) is 15.7. The van der Waals surface area contributed by atoms with Crippen molar-refractivity contribution >= 4 is 0 Å². The molecule has 2 heteroatoms. The van der Waals surface area contributed by atoms with Crippen LogP contribution in [0.3, 0.4) is 0 Å². The van der Waals surface area contributed by atoms with E-state index >= 15 is 0 Å². The molecule has 2 nitrogen and oxygen atoms in total. The fraction of sp³-hybridized carbons (Fsp3) is 0.533. The number of rotatable bonds is 2. The molecule has 1 heterocycles. The van der Waals surface area contributed by atoms with E-state index in [0.717, 1.165) is 19.5 Å². The second-order valence-electron chi connectivity index (χ2n) is 5.25. The number of nitriles is 1. The van der Waals surface area contributed by atoms with Crippen molar-refractivity contribution in [1.82, 2.24) is 4.90 Å².